The van der Waals surface area contributed by atoms with Gasteiger partial charge < -0.3 is 15.5 Å². The third kappa shape index (κ3) is 3.83. The quantitative estimate of drug-likeness (QED) is 0.621. The molecule has 0 aliphatic carbocycles. The number of rotatable bonds is 5. The molecule has 0 unspecified atom stereocenters. The average molecular weight is 207 g/mol. The second-order valence-electron chi connectivity index (χ2n) is 2.92. The molecule has 0 aliphatic heterocycles. The van der Waals surface area contributed by atoms with E-state index in [-0.39, 0.29) is 18.8 Å². The van der Waals surface area contributed by atoms with E-state index in [1.165, 1.54) is 6.08 Å². The van der Waals surface area contributed by atoms with E-state index in [9.17, 15) is 4.79 Å². The second-order valence-corrected chi connectivity index (χ2v) is 2.92. The van der Waals surface area contributed by atoms with E-state index in [0.717, 1.165) is 5.56 Å². The Kier molecular flexibility index (Phi) is 4.37. The Morgan fingerprint density at radius 3 is 2.53 bits per heavy atom. The smallest absolute Gasteiger partial charge is 0.351 e. The molecule has 0 radical (unpaired) electrons. The Hall–Kier alpha value is -1.81. The molecule has 0 saturated carbocycles. The van der Waals surface area contributed by atoms with E-state index >= 15 is 0 Å². The van der Waals surface area contributed by atoms with Crippen molar-refractivity contribution in [2.24, 2.45) is 0 Å². The minimum absolute atomic E-state index is 0.0789. The first-order chi connectivity index (χ1) is 7.24. The van der Waals surface area contributed by atoms with Crippen molar-refractivity contribution in [3.8, 4) is 0 Å². The summed E-state index contributed by atoms with van der Waals surface area (Å²) in [5.41, 5.74) is 0.885. The lowest BCUT2D eigenvalue weighted by molar-refractivity contribution is -0.133. The zero-order valence-electron chi connectivity index (χ0n) is 8.18. The first kappa shape index (κ1) is 11.3. The summed E-state index contributed by atoms with van der Waals surface area (Å²) >= 11 is 0. The number of aliphatic hydroxyl groups is 1. The van der Waals surface area contributed by atoms with Gasteiger partial charge in [0.25, 0.3) is 0 Å². The standard InChI is InChI=1S/C11H13NO3/c13-7-6-12-10(11(14)15)8-9-4-2-1-3-5-9/h1-5,8,12-13H,6-7H2,(H,14,15)/b10-8-. The van der Waals surface area contributed by atoms with Gasteiger partial charge in [-0.25, -0.2) is 4.79 Å². The lowest BCUT2D eigenvalue weighted by Crippen LogP contribution is -2.23. The Morgan fingerprint density at radius 2 is 2.00 bits per heavy atom. The highest BCUT2D eigenvalue weighted by Gasteiger charge is 2.05. The molecule has 0 atom stereocenters. The number of hydrogen-bond acceptors (Lipinski definition) is 3. The van der Waals surface area contributed by atoms with E-state index < -0.39 is 5.97 Å². The first-order valence-corrected chi connectivity index (χ1v) is 4.59. The maximum atomic E-state index is 10.8. The number of carbonyl (C=O) groups is 1. The van der Waals surface area contributed by atoms with Gasteiger partial charge in [-0.2, -0.15) is 0 Å². The van der Waals surface area contributed by atoms with Crippen LogP contribution < -0.4 is 5.32 Å². The van der Waals surface area contributed by atoms with Crippen molar-refractivity contribution in [1.82, 2.24) is 5.32 Å². The third-order valence-corrected chi connectivity index (χ3v) is 1.77. The topological polar surface area (TPSA) is 69.6 Å². The Balaban J connectivity index is 2.79. The summed E-state index contributed by atoms with van der Waals surface area (Å²) < 4.78 is 0. The van der Waals surface area contributed by atoms with Crippen molar-refractivity contribution >= 4 is 12.0 Å². The van der Waals surface area contributed by atoms with Crippen LogP contribution in [0, 0.1) is 0 Å². The molecule has 4 heteroatoms. The summed E-state index contributed by atoms with van der Waals surface area (Å²) in [5, 5.41) is 20.1. The molecule has 0 saturated heterocycles. The van der Waals surface area contributed by atoms with E-state index in [4.69, 9.17) is 10.2 Å². The van der Waals surface area contributed by atoms with Crippen LogP contribution in [0.5, 0.6) is 0 Å². The molecule has 0 fully saturated rings. The number of hydrogen-bond donors (Lipinski definition) is 3. The SMILES string of the molecule is O=C(O)/C(=C/c1ccccc1)NCCO. The van der Waals surface area contributed by atoms with Gasteiger partial charge in [0.2, 0.25) is 0 Å². The fraction of sp³-hybridized carbons (Fsp3) is 0.182. The van der Waals surface area contributed by atoms with Crippen LogP contribution >= 0.6 is 0 Å². The summed E-state index contributed by atoms with van der Waals surface area (Å²) in [6.45, 7) is 0.129. The molecule has 0 aliphatic rings. The highest BCUT2D eigenvalue weighted by atomic mass is 16.4. The van der Waals surface area contributed by atoms with Crippen molar-refractivity contribution in [3.63, 3.8) is 0 Å². The first-order valence-electron chi connectivity index (χ1n) is 4.59. The van der Waals surface area contributed by atoms with Gasteiger partial charge in [0.05, 0.1) is 6.61 Å². The fourth-order valence-electron chi connectivity index (χ4n) is 1.09. The molecule has 0 heterocycles. The van der Waals surface area contributed by atoms with Gasteiger partial charge in [-0.3, -0.25) is 0 Å². The summed E-state index contributed by atoms with van der Waals surface area (Å²) in [5.74, 6) is -1.03. The molecule has 0 amide bonds. The van der Waals surface area contributed by atoms with E-state index in [1.54, 1.807) is 0 Å². The minimum Gasteiger partial charge on any atom is -0.477 e. The molecule has 1 rings (SSSR count). The zero-order valence-corrected chi connectivity index (χ0v) is 8.18. The van der Waals surface area contributed by atoms with E-state index in [2.05, 4.69) is 5.32 Å². The van der Waals surface area contributed by atoms with Crippen molar-refractivity contribution in [2.75, 3.05) is 13.2 Å². The van der Waals surface area contributed by atoms with E-state index in [1.807, 2.05) is 30.3 Å². The molecule has 0 aromatic heterocycles. The van der Waals surface area contributed by atoms with Crippen molar-refractivity contribution < 1.29 is 15.0 Å². The molecular weight excluding hydrogens is 194 g/mol. The maximum Gasteiger partial charge on any atom is 0.351 e. The molecule has 80 valence electrons. The average Bonchev–Trinajstić information content (AvgIpc) is 2.25. The summed E-state index contributed by atoms with van der Waals surface area (Å²) in [6, 6.07) is 9.14. The minimum atomic E-state index is -1.03. The molecule has 4 nitrogen and oxygen atoms in total. The number of benzene rings is 1. The highest BCUT2D eigenvalue weighted by molar-refractivity contribution is 5.91. The number of carboxylic acids is 1. The molecule has 3 N–H and O–H groups in total. The molecule has 1 aromatic rings. The van der Waals surface area contributed by atoms with Gasteiger partial charge in [0.1, 0.15) is 5.70 Å². The Bertz CT molecular complexity index is 346. The molecule has 0 bridgehead atoms. The monoisotopic (exact) mass is 207 g/mol. The van der Waals surface area contributed by atoms with Crippen LogP contribution in [-0.4, -0.2) is 29.3 Å². The Morgan fingerprint density at radius 1 is 1.33 bits per heavy atom. The van der Waals surface area contributed by atoms with Gasteiger partial charge in [0.15, 0.2) is 0 Å². The largest absolute Gasteiger partial charge is 0.477 e. The van der Waals surface area contributed by atoms with Gasteiger partial charge in [-0.1, -0.05) is 30.3 Å². The van der Waals surface area contributed by atoms with Crippen LogP contribution in [-0.2, 0) is 4.79 Å². The van der Waals surface area contributed by atoms with Gasteiger partial charge in [-0.05, 0) is 11.6 Å². The zero-order chi connectivity index (χ0) is 11.1. The fourth-order valence-corrected chi connectivity index (χ4v) is 1.09. The predicted octanol–water partition coefficient (Wildman–Crippen LogP) is 0.694. The van der Waals surface area contributed by atoms with Gasteiger partial charge in [-0.15, -0.1) is 0 Å². The predicted molar refractivity (Wildman–Crippen MR) is 57.1 cm³/mol. The molecular formula is C11H13NO3. The van der Waals surface area contributed by atoms with E-state index in [0.29, 0.717) is 0 Å². The summed E-state index contributed by atoms with van der Waals surface area (Å²) in [4.78, 5) is 10.8. The van der Waals surface area contributed by atoms with Crippen molar-refractivity contribution in [1.29, 1.82) is 0 Å². The second kappa shape index (κ2) is 5.82. The van der Waals surface area contributed by atoms with Crippen LogP contribution in [0.2, 0.25) is 0 Å². The van der Waals surface area contributed by atoms with Crippen molar-refractivity contribution in [3.05, 3.63) is 41.6 Å². The van der Waals surface area contributed by atoms with Crippen LogP contribution in [0.25, 0.3) is 6.08 Å². The molecule has 0 spiro atoms. The summed E-state index contributed by atoms with van der Waals surface area (Å²) in [6.07, 6.45) is 1.53. The van der Waals surface area contributed by atoms with Gasteiger partial charge >= 0.3 is 5.97 Å². The molecule has 1 aromatic carbocycles. The van der Waals surface area contributed by atoms with Crippen molar-refractivity contribution in [2.45, 2.75) is 0 Å². The highest BCUT2D eigenvalue weighted by Crippen LogP contribution is 2.04. The number of nitrogens with one attached hydrogen (secondary N) is 1. The van der Waals surface area contributed by atoms with Crippen LogP contribution in [0.1, 0.15) is 5.56 Å². The number of aliphatic hydroxyl groups excluding tert-OH is 1. The van der Waals surface area contributed by atoms with Crippen LogP contribution in [0.15, 0.2) is 36.0 Å². The van der Waals surface area contributed by atoms with Crippen LogP contribution in [0.4, 0.5) is 0 Å². The van der Waals surface area contributed by atoms with Crippen LogP contribution in [0.3, 0.4) is 0 Å². The lowest BCUT2D eigenvalue weighted by atomic mass is 10.2. The number of carboxylic acid groups (broad SMARTS) is 1. The lowest BCUT2D eigenvalue weighted by Gasteiger charge is -2.04. The third-order valence-electron chi connectivity index (χ3n) is 1.77. The molecule has 15 heavy (non-hydrogen) atoms. The van der Waals surface area contributed by atoms with Gasteiger partial charge in [0, 0.05) is 6.54 Å². The number of aliphatic carboxylic acids is 1. The summed E-state index contributed by atoms with van der Waals surface area (Å²) in [7, 11) is 0. The Labute approximate surface area is 87.9 Å². The normalized spacial score (nSPS) is 11.1. The maximum absolute atomic E-state index is 10.8.